The van der Waals surface area contributed by atoms with Crippen molar-refractivity contribution in [3.05, 3.63) is 62.4 Å². The van der Waals surface area contributed by atoms with Crippen molar-refractivity contribution in [3.8, 4) is 11.8 Å². The number of rotatable bonds is 3. The number of aromatic amines is 1. The third-order valence-corrected chi connectivity index (χ3v) is 3.96. The first-order valence-electron chi connectivity index (χ1n) is 6.73. The summed E-state index contributed by atoms with van der Waals surface area (Å²) in [5.74, 6) is 0.130. The Morgan fingerprint density at radius 1 is 1.42 bits per heavy atom. The largest absolute Gasteiger partial charge is 0.506 e. The third kappa shape index (κ3) is 2.85. The molecule has 3 rings (SSSR count). The summed E-state index contributed by atoms with van der Waals surface area (Å²) in [4.78, 5) is 17.7. The Morgan fingerprint density at radius 2 is 2.17 bits per heavy atom. The van der Waals surface area contributed by atoms with Crippen LogP contribution in [0.2, 0.25) is 0 Å². The Kier molecular flexibility index (Phi) is 4.02. The number of halogens is 1. The molecular weight excluding hydrogens is 376 g/mol. The van der Waals surface area contributed by atoms with Gasteiger partial charge in [0.15, 0.2) is 0 Å². The number of nitrogens with zero attached hydrogens (tertiary/aromatic N) is 3. The van der Waals surface area contributed by atoms with Gasteiger partial charge in [-0.3, -0.25) is 10.1 Å². The van der Waals surface area contributed by atoms with Crippen molar-refractivity contribution in [3.63, 3.8) is 0 Å². The molecule has 0 saturated carbocycles. The summed E-state index contributed by atoms with van der Waals surface area (Å²) in [7, 11) is 0. The summed E-state index contributed by atoms with van der Waals surface area (Å²) in [6.45, 7) is 0. The highest BCUT2D eigenvalue weighted by atomic mass is 79.9. The molecule has 0 amide bonds. The summed E-state index contributed by atoms with van der Waals surface area (Å²) in [5, 5.41) is 30.4. The summed E-state index contributed by atoms with van der Waals surface area (Å²) in [6, 6.07) is 11.7. The molecule has 0 radical (unpaired) electrons. The van der Waals surface area contributed by atoms with Crippen LogP contribution in [0.4, 0.5) is 5.69 Å². The van der Waals surface area contributed by atoms with Gasteiger partial charge in [0.25, 0.3) is 5.69 Å². The molecule has 8 heteroatoms. The van der Waals surface area contributed by atoms with Crippen LogP contribution in [0.5, 0.6) is 5.75 Å². The standard InChI is InChI=1S/C16H9BrN4O3/c17-12-7-11(21(23)24)6-9(15(12)22)5-10(8-18)16-19-13-3-1-2-4-14(13)20-16/h1-7,22H,(H,19,20)/b10-5-. The second kappa shape index (κ2) is 6.14. The number of H-pyrrole nitrogens is 1. The number of imidazole rings is 1. The average Bonchev–Trinajstić information content (AvgIpc) is 2.99. The van der Waals surface area contributed by atoms with Crippen LogP contribution in [0.1, 0.15) is 11.4 Å². The molecule has 0 saturated heterocycles. The van der Waals surface area contributed by atoms with Gasteiger partial charge in [-0.05, 0) is 34.1 Å². The number of aromatic hydroxyl groups is 1. The maximum absolute atomic E-state index is 11.0. The van der Waals surface area contributed by atoms with E-state index in [-0.39, 0.29) is 27.0 Å². The van der Waals surface area contributed by atoms with Crippen molar-refractivity contribution in [1.29, 1.82) is 5.26 Å². The maximum atomic E-state index is 11.0. The fraction of sp³-hybridized carbons (Fsp3) is 0. The Bertz CT molecular complexity index is 1000. The van der Waals surface area contributed by atoms with Crippen molar-refractivity contribution >= 4 is 44.3 Å². The van der Waals surface area contributed by atoms with E-state index < -0.39 is 4.92 Å². The average molecular weight is 385 g/mol. The first-order chi connectivity index (χ1) is 11.5. The van der Waals surface area contributed by atoms with Gasteiger partial charge in [0.05, 0.1) is 26.0 Å². The smallest absolute Gasteiger partial charge is 0.271 e. The quantitative estimate of drug-likeness (QED) is 0.402. The molecule has 0 aliphatic carbocycles. The highest BCUT2D eigenvalue weighted by Gasteiger charge is 2.15. The molecule has 2 aromatic carbocycles. The van der Waals surface area contributed by atoms with Crippen LogP contribution in [-0.4, -0.2) is 20.0 Å². The van der Waals surface area contributed by atoms with Gasteiger partial charge in [-0.15, -0.1) is 0 Å². The number of aromatic nitrogens is 2. The number of nitro benzene ring substituents is 1. The van der Waals surface area contributed by atoms with Gasteiger partial charge >= 0.3 is 0 Å². The lowest BCUT2D eigenvalue weighted by Gasteiger charge is -2.03. The molecule has 0 unspecified atom stereocenters. The van der Waals surface area contributed by atoms with Crippen molar-refractivity contribution in [2.75, 3.05) is 0 Å². The molecule has 3 aromatic rings. The fourth-order valence-electron chi connectivity index (χ4n) is 2.21. The number of phenols is 1. The van der Waals surface area contributed by atoms with E-state index in [1.165, 1.54) is 18.2 Å². The molecule has 24 heavy (non-hydrogen) atoms. The zero-order valence-corrected chi connectivity index (χ0v) is 13.6. The molecule has 118 valence electrons. The number of nitro groups is 1. The number of phenolic OH excluding ortho intramolecular Hbond substituents is 1. The number of nitriles is 1. The minimum absolute atomic E-state index is 0.146. The van der Waals surface area contributed by atoms with E-state index in [2.05, 4.69) is 25.9 Å². The molecule has 1 heterocycles. The molecule has 7 nitrogen and oxygen atoms in total. The zero-order valence-electron chi connectivity index (χ0n) is 12.0. The lowest BCUT2D eigenvalue weighted by Crippen LogP contribution is -1.91. The van der Waals surface area contributed by atoms with Crippen molar-refractivity contribution in [1.82, 2.24) is 9.97 Å². The minimum atomic E-state index is -0.575. The van der Waals surface area contributed by atoms with Gasteiger partial charge < -0.3 is 10.1 Å². The van der Waals surface area contributed by atoms with E-state index in [0.717, 1.165) is 5.52 Å². The van der Waals surface area contributed by atoms with Gasteiger partial charge in [-0.25, -0.2) is 4.98 Å². The minimum Gasteiger partial charge on any atom is -0.506 e. The van der Waals surface area contributed by atoms with E-state index in [4.69, 9.17) is 0 Å². The molecular formula is C16H9BrN4O3. The monoisotopic (exact) mass is 384 g/mol. The van der Waals surface area contributed by atoms with Crippen LogP contribution in [0.15, 0.2) is 40.9 Å². The normalized spacial score (nSPS) is 11.4. The maximum Gasteiger partial charge on any atom is 0.271 e. The summed E-state index contributed by atoms with van der Waals surface area (Å²) < 4.78 is 0.171. The Morgan fingerprint density at radius 3 is 2.83 bits per heavy atom. The van der Waals surface area contributed by atoms with E-state index in [9.17, 15) is 20.5 Å². The summed E-state index contributed by atoms with van der Waals surface area (Å²) in [6.07, 6.45) is 1.35. The van der Waals surface area contributed by atoms with Crippen molar-refractivity contribution < 1.29 is 10.0 Å². The Labute approximate surface area is 144 Å². The highest BCUT2D eigenvalue weighted by molar-refractivity contribution is 9.10. The number of non-ortho nitro benzene ring substituents is 1. The molecule has 0 spiro atoms. The van der Waals surface area contributed by atoms with Crippen LogP contribution < -0.4 is 0 Å². The summed E-state index contributed by atoms with van der Waals surface area (Å²) in [5.41, 5.74) is 1.55. The van der Waals surface area contributed by atoms with Crippen molar-refractivity contribution in [2.24, 2.45) is 0 Å². The van der Waals surface area contributed by atoms with Gasteiger partial charge in [0, 0.05) is 17.7 Å². The molecule has 0 fully saturated rings. The number of fused-ring (bicyclic) bond motifs is 1. The SMILES string of the molecule is N#C/C(=C/c1cc([N+](=O)[O-])cc(Br)c1O)c1nc2ccccc2[nH]1. The van der Waals surface area contributed by atoms with Crippen molar-refractivity contribution in [2.45, 2.75) is 0 Å². The number of benzene rings is 2. The Balaban J connectivity index is 2.14. The molecule has 0 aliphatic rings. The van der Waals surface area contributed by atoms with Gasteiger partial charge in [-0.1, -0.05) is 12.1 Å². The second-order valence-corrected chi connectivity index (χ2v) is 5.75. The first-order valence-corrected chi connectivity index (χ1v) is 7.52. The predicted octanol–water partition coefficient (Wildman–Crippen LogP) is 4.00. The van der Waals surface area contributed by atoms with Crippen LogP contribution in [0, 0.1) is 21.4 Å². The van der Waals surface area contributed by atoms with Crippen LogP contribution in [-0.2, 0) is 0 Å². The lowest BCUT2D eigenvalue weighted by atomic mass is 10.1. The van der Waals surface area contributed by atoms with Crippen LogP contribution in [0.25, 0.3) is 22.7 Å². The number of hydrogen-bond acceptors (Lipinski definition) is 5. The molecule has 2 N–H and O–H groups in total. The first kappa shape index (κ1) is 15.7. The number of hydrogen-bond donors (Lipinski definition) is 2. The van der Waals surface area contributed by atoms with E-state index in [1.54, 1.807) is 6.07 Å². The zero-order chi connectivity index (χ0) is 17.3. The van der Waals surface area contributed by atoms with Crippen LogP contribution >= 0.6 is 15.9 Å². The highest BCUT2D eigenvalue weighted by Crippen LogP contribution is 2.34. The van der Waals surface area contributed by atoms with E-state index >= 15 is 0 Å². The topological polar surface area (TPSA) is 116 Å². The fourth-order valence-corrected chi connectivity index (χ4v) is 2.67. The second-order valence-electron chi connectivity index (χ2n) is 4.89. The Hall–Kier alpha value is -3.18. The lowest BCUT2D eigenvalue weighted by molar-refractivity contribution is -0.385. The predicted molar refractivity (Wildman–Crippen MR) is 92.0 cm³/mol. The molecule has 1 aromatic heterocycles. The third-order valence-electron chi connectivity index (χ3n) is 3.35. The van der Waals surface area contributed by atoms with Gasteiger partial charge in [-0.2, -0.15) is 5.26 Å². The summed E-state index contributed by atoms with van der Waals surface area (Å²) >= 11 is 3.07. The van der Waals surface area contributed by atoms with Crippen LogP contribution in [0.3, 0.4) is 0 Å². The molecule has 0 bridgehead atoms. The van der Waals surface area contributed by atoms with E-state index in [0.29, 0.717) is 11.3 Å². The number of para-hydroxylation sites is 2. The molecule has 0 atom stereocenters. The number of allylic oxidation sites excluding steroid dienone is 1. The number of nitrogens with one attached hydrogen (secondary N) is 1. The molecule has 0 aliphatic heterocycles. The van der Waals surface area contributed by atoms with E-state index in [1.807, 2.05) is 24.3 Å². The van der Waals surface area contributed by atoms with Gasteiger partial charge in [0.1, 0.15) is 17.6 Å². The van der Waals surface area contributed by atoms with Gasteiger partial charge in [0.2, 0.25) is 0 Å².